The Morgan fingerprint density at radius 1 is 1.54 bits per heavy atom. The monoisotopic (exact) mass is 215 g/mol. The summed E-state index contributed by atoms with van der Waals surface area (Å²) < 4.78 is 36.5. The second kappa shape index (κ2) is 3.87. The van der Waals surface area contributed by atoms with E-state index in [1.165, 1.54) is 13.1 Å². The van der Waals surface area contributed by atoms with Gasteiger partial charge in [-0.3, -0.25) is 0 Å². The van der Waals surface area contributed by atoms with Gasteiger partial charge in [-0.25, -0.2) is 4.98 Å². The molecule has 1 aromatic rings. The van der Waals surface area contributed by atoms with E-state index in [2.05, 4.69) is 4.98 Å². The van der Waals surface area contributed by atoms with E-state index in [0.717, 1.165) is 4.57 Å². The van der Waals surface area contributed by atoms with Gasteiger partial charge in [0.25, 0.3) is 0 Å². The SMILES string of the molecule is Cc1ncc(N)n1CC(F)(F)F.Cl. The first-order valence-corrected chi connectivity index (χ1v) is 3.24. The van der Waals surface area contributed by atoms with Crippen LogP contribution in [0, 0.1) is 6.92 Å². The van der Waals surface area contributed by atoms with Gasteiger partial charge in [0.1, 0.15) is 18.2 Å². The number of halogens is 4. The summed E-state index contributed by atoms with van der Waals surface area (Å²) in [6, 6.07) is 0. The van der Waals surface area contributed by atoms with Gasteiger partial charge in [-0.15, -0.1) is 12.4 Å². The third-order valence-electron chi connectivity index (χ3n) is 1.42. The lowest BCUT2D eigenvalue weighted by atomic mass is 10.5. The van der Waals surface area contributed by atoms with Crippen LogP contribution in [0.1, 0.15) is 5.82 Å². The molecule has 0 radical (unpaired) electrons. The first-order chi connectivity index (χ1) is 5.40. The Kier molecular flexibility index (Phi) is 3.60. The van der Waals surface area contributed by atoms with Gasteiger partial charge in [0.2, 0.25) is 0 Å². The number of aryl methyl sites for hydroxylation is 1. The predicted molar refractivity (Wildman–Crippen MR) is 44.7 cm³/mol. The van der Waals surface area contributed by atoms with Crippen molar-refractivity contribution in [3.63, 3.8) is 0 Å². The zero-order chi connectivity index (χ0) is 9.35. The van der Waals surface area contributed by atoms with Crippen LogP contribution >= 0.6 is 12.4 Å². The van der Waals surface area contributed by atoms with E-state index in [1.807, 2.05) is 0 Å². The maximum Gasteiger partial charge on any atom is 0.406 e. The zero-order valence-electron chi connectivity index (χ0n) is 6.80. The smallest absolute Gasteiger partial charge is 0.384 e. The van der Waals surface area contributed by atoms with Gasteiger partial charge in [-0.1, -0.05) is 0 Å². The predicted octanol–water partition coefficient (Wildman–Crippen LogP) is 1.76. The molecular formula is C6H9ClF3N3. The lowest BCUT2D eigenvalue weighted by molar-refractivity contribution is -0.140. The van der Waals surface area contributed by atoms with Crippen LogP contribution in [-0.2, 0) is 6.54 Å². The fourth-order valence-corrected chi connectivity index (χ4v) is 0.871. The molecule has 0 aliphatic carbocycles. The summed E-state index contributed by atoms with van der Waals surface area (Å²) in [5.74, 6) is 0.301. The minimum Gasteiger partial charge on any atom is -0.384 e. The van der Waals surface area contributed by atoms with Gasteiger partial charge in [0, 0.05) is 0 Å². The first-order valence-electron chi connectivity index (χ1n) is 3.24. The fraction of sp³-hybridized carbons (Fsp3) is 0.500. The van der Waals surface area contributed by atoms with Crippen molar-refractivity contribution >= 4 is 18.2 Å². The molecule has 76 valence electrons. The molecule has 0 amide bonds. The van der Waals surface area contributed by atoms with E-state index in [9.17, 15) is 13.2 Å². The van der Waals surface area contributed by atoms with Crippen molar-refractivity contribution in [3.05, 3.63) is 12.0 Å². The number of aromatic nitrogens is 2. The molecule has 0 aliphatic rings. The van der Waals surface area contributed by atoms with Crippen molar-refractivity contribution < 1.29 is 13.2 Å². The molecule has 1 aromatic heterocycles. The largest absolute Gasteiger partial charge is 0.406 e. The number of hydrogen-bond acceptors (Lipinski definition) is 2. The van der Waals surface area contributed by atoms with Crippen LogP contribution in [0.5, 0.6) is 0 Å². The Morgan fingerprint density at radius 3 is 2.38 bits per heavy atom. The summed E-state index contributed by atoms with van der Waals surface area (Å²) in [6.45, 7) is 0.396. The normalized spacial score (nSPS) is 11.1. The Bertz CT molecular complexity index is 262. The summed E-state index contributed by atoms with van der Waals surface area (Å²) in [7, 11) is 0. The summed E-state index contributed by atoms with van der Waals surface area (Å²) in [6.07, 6.45) is -3.04. The molecule has 1 heterocycles. The molecule has 0 spiro atoms. The summed E-state index contributed by atoms with van der Waals surface area (Å²) in [4.78, 5) is 3.64. The number of hydrogen-bond donors (Lipinski definition) is 1. The molecule has 0 saturated carbocycles. The average Bonchev–Trinajstić information content (AvgIpc) is 2.16. The zero-order valence-corrected chi connectivity index (χ0v) is 7.61. The van der Waals surface area contributed by atoms with Crippen LogP contribution in [0.3, 0.4) is 0 Å². The molecule has 13 heavy (non-hydrogen) atoms. The van der Waals surface area contributed by atoms with Crippen molar-refractivity contribution in [2.24, 2.45) is 0 Å². The Balaban J connectivity index is 0.00000144. The highest BCUT2D eigenvalue weighted by molar-refractivity contribution is 5.85. The molecule has 1 rings (SSSR count). The van der Waals surface area contributed by atoms with E-state index >= 15 is 0 Å². The number of rotatable bonds is 1. The van der Waals surface area contributed by atoms with Crippen molar-refractivity contribution in [1.82, 2.24) is 9.55 Å². The lowest BCUT2D eigenvalue weighted by Gasteiger charge is -2.09. The molecule has 0 aromatic carbocycles. The molecule has 0 unspecified atom stereocenters. The number of nitrogens with two attached hydrogens (primary N) is 1. The summed E-state index contributed by atoms with van der Waals surface area (Å²) in [5, 5.41) is 0. The number of imidazole rings is 1. The van der Waals surface area contributed by atoms with Crippen LogP contribution < -0.4 is 5.73 Å². The quantitative estimate of drug-likeness (QED) is 0.776. The maximum atomic E-state index is 11.9. The molecule has 0 bridgehead atoms. The minimum atomic E-state index is -4.25. The van der Waals surface area contributed by atoms with Crippen LogP contribution in [0.25, 0.3) is 0 Å². The number of anilines is 1. The average molecular weight is 216 g/mol. The second-order valence-corrected chi connectivity index (χ2v) is 2.43. The lowest BCUT2D eigenvalue weighted by Crippen LogP contribution is -2.19. The topological polar surface area (TPSA) is 43.8 Å². The van der Waals surface area contributed by atoms with Crippen LogP contribution in [-0.4, -0.2) is 15.7 Å². The molecule has 0 fully saturated rings. The Morgan fingerprint density at radius 2 is 2.08 bits per heavy atom. The standard InChI is InChI=1S/C6H8F3N3.ClH/c1-4-11-2-5(10)12(4)3-6(7,8)9;/h2H,3,10H2,1H3;1H. The minimum absolute atomic E-state index is 0. The summed E-state index contributed by atoms with van der Waals surface area (Å²) >= 11 is 0. The molecule has 0 saturated heterocycles. The summed E-state index contributed by atoms with van der Waals surface area (Å²) in [5.41, 5.74) is 5.25. The van der Waals surface area contributed by atoms with Crippen molar-refractivity contribution in [3.8, 4) is 0 Å². The Labute approximate surface area is 79.2 Å². The fourth-order valence-electron chi connectivity index (χ4n) is 0.871. The molecule has 2 N–H and O–H groups in total. The van der Waals surface area contributed by atoms with E-state index in [0.29, 0.717) is 0 Å². The Hall–Kier alpha value is -0.910. The van der Waals surface area contributed by atoms with Crippen LogP contribution in [0.4, 0.5) is 19.0 Å². The van der Waals surface area contributed by atoms with E-state index in [1.54, 1.807) is 0 Å². The molecular weight excluding hydrogens is 207 g/mol. The van der Waals surface area contributed by atoms with Gasteiger partial charge in [-0.2, -0.15) is 13.2 Å². The van der Waals surface area contributed by atoms with E-state index in [4.69, 9.17) is 5.73 Å². The number of nitrogen functional groups attached to an aromatic ring is 1. The van der Waals surface area contributed by atoms with Gasteiger partial charge in [0.15, 0.2) is 0 Å². The molecule has 0 atom stereocenters. The molecule has 7 heteroatoms. The highest BCUT2D eigenvalue weighted by atomic mass is 35.5. The highest BCUT2D eigenvalue weighted by Crippen LogP contribution is 2.20. The van der Waals surface area contributed by atoms with Gasteiger partial charge in [-0.05, 0) is 6.92 Å². The molecule has 0 aliphatic heterocycles. The van der Waals surface area contributed by atoms with Crippen molar-refractivity contribution in [2.45, 2.75) is 19.6 Å². The van der Waals surface area contributed by atoms with Gasteiger partial charge in [0.05, 0.1) is 6.20 Å². The van der Waals surface area contributed by atoms with Crippen LogP contribution in [0.15, 0.2) is 6.20 Å². The molecule has 3 nitrogen and oxygen atoms in total. The van der Waals surface area contributed by atoms with E-state index in [-0.39, 0.29) is 24.0 Å². The van der Waals surface area contributed by atoms with Crippen molar-refractivity contribution in [2.75, 3.05) is 5.73 Å². The second-order valence-electron chi connectivity index (χ2n) is 2.43. The number of nitrogens with zero attached hydrogens (tertiary/aromatic N) is 2. The highest BCUT2D eigenvalue weighted by Gasteiger charge is 2.29. The van der Waals surface area contributed by atoms with E-state index < -0.39 is 12.7 Å². The van der Waals surface area contributed by atoms with Gasteiger partial charge < -0.3 is 10.3 Å². The maximum absolute atomic E-state index is 11.9. The third-order valence-corrected chi connectivity index (χ3v) is 1.42. The first kappa shape index (κ1) is 12.1. The van der Waals surface area contributed by atoms with Crippen LogP contribution in [0.2, 0.25) is 0 Å². The number of alkyl halides is 3. The third kappa shape index (κ3) is 3.14. The van der Waals surface area contributed by atoms with Gasteiger partial charge >= 0.3 is 6.18 Å². The van der Waals surface area contributed by atoms with Crippen molar-refractivity contribution in [1.29, 1.82) is 0 Å².